The van der Waals surface area contributed by atoms with Gasteiger partial charge in [-0.2, -0.15) is 0 Å². The molecule has 0 fully saturated rings. The first-order valence-corrected chi connectivity index (χ1v) is 3.95. The molecule has 5 heteroatoms. The fraction of sp³-hybridized carbons (Fsp3) is 0.714. The first kappa shape index (κ1) is 13.3. The van der Waals surface area contributed by atoms with Crippen molar-refractivity contribution < 1.29 is 9.59 Å². The lowest BCUT2D eigenvalue weighted by Crippen LogP contribution is -2.21. The molecule has 0 spiro atoms. The Kier molecular flexibility index (Phi) is 8.72. The zero-order chi connectivity index (χ0) is 10.1. The van der Waals surface area contributed by atoms with Crippen LogP contribution < -0.4 is 0 Å². The first-order chi connectivity index (χ1) is 5.72. The van der Waals surface area contributed by atoms with Gasteiger partial charge >= 0.3 is 12.1 Å². The quantitative estimate of drug-likeness (QED) is 0.565. The Morgan fingerprint density at radius 2 is 1.17 bits per heavy atom. The first-order valence-electron chi connectivity index (χ1n) is 3.95. The van der Waals surface area contributed by atoms with Crippen LogP contribution in [0.25, 0.3) is 0 Å². The van der Waals surface area contributed by atoms with Gasteiger partial charge in [-0.25, -0.2) is 14.5 Å². The molecule has 5 nitrogen and oxygen atoms in total. The van der Waals surface area contributed by atoms with Gasteiger partial charge < -0.3 is 0 Å². The molecular weight excluding hydrogens is 158 g/mol. The van der Waals surface area contributed by atoms with Gasteiger partial charge in [-0.1, -0.05) is 37.9 Å². The number of carbonyl (C=O) groups is 2. The van der Waals surface area contributed by atoms with E-state index in [0.717, 1.165) is 4.90 Å². The maximum absolute atomic E-state index is 10.2. The predicted octanol–water partition coefficient (Wildman–Crippen LogP) is 2.68. The summed E-state index contributed by atoms with van der Waals surface area (Å²) in [6.45, 7) is 8.00. The van der Waals surface area contributed by atoms with Crippen molar-refractivity contribution in [1.29, 1.82) is 0 Å². The fourth-order valence-corrected chi connectivity index (χ4v) is 0.302. The van der Waals surface area contributed by atoms with E-state index in [2.05, 4.69) is 10.2 Å². The van der Waals surface area contributed by atoms with Crippen molar-refractivity contribution in [2.75, 3.05) is 7.05 Å². The van der Waals surface area contributed by atoms with Crippen LogP contribution in [0.2, 0.25) is 0 Å². The minimum Gasteiger partial charge on any atom is -0.244 e. The zero-order valence-corrected chi connectivity index (χ0v) is 8.16. The van der Waals surface area contributed by atoms with Gasteiger partial charge in [0.15, 0.2) is 0 Å². The van der Waals surface area contributed by atoms with Crippen LogP contribution in [0.5, 0.6) is 0 Å². The Labute approximate surface area is 72.5 Å². The third-order valence-electron chi connectivity index (χ3n) is 0.795. The van der Waals surface area contributed by atoms with Gasteiger partial charge in [0.25, 0.3) is 0 Å². The number of nitrogens with zero attached hydrogens (tertiary/aromatic N) is 3. The van der Waals surface area contributed by atoms with Crippen LogP contribution in [0.4, 0.5) is 9.59 Å². The van der Waals surface area contributed by atoms with Gasteiger partial charge in [0.05, 0.1) is 0 Å². The van der Waals surface area contributed by atoms with Gasteiger partial charge in [0.1, 0.15) is 0 Å². The Hall–Kier alpha value is -1.26. The van der Waals surface area contributed by atoms with E-state index >= 15 is 0 Å². The van der Waals surface area contributed by atoms with E-state index in [1.807, 2.05) is 27.7 Å². The number of hydrogen-bond donors (Lipinski definition) is 0. The minimum absolute atomic E-state index is 0.602. The van der Waals surface area contributed by atoms with Crippen molar-refractivity contribution in [3.8, 4) is 0 Å². The second kappa shape index (κ2) is 7.84. The van der Waals surface area contributed by atoms with Crippen LogP contribution in [0.3, 0.4) is 0 Å². The minimum atomic E-state index is -0.602. The number of azo groups is 1. The van der Waals surface area contributed by atoms with E-state index in [1.165, 1.54) is 7.05 Å². The molecule has 0 unspecified atom stereocenters. The van der Waals surface area contributed by atoms with Gasteiger partial charge in [0, 0.05) is 7.05 Å². The largest absolute Gasteiger partial charge is 0.370 e. The molecule has 0 saturated carbocycles. The van der Waals surface area contributed by atoms with E-state index in [4.69, 9.17) is 0 Å². The molecule has 0 N–H and O–H groups in total. The number of rotatable bonds is 0. The summed E-state index contributed by atoms with van der Waals surface area (Å²) in [5.74, 6) is 0. The van der Waals surface area contributed by atoms with E-state index in [1.54, 1.807) is 0 Å². The molecule has 0 bridgehead atoms. The summed E-state index contributed by atoms with van der Waals surface area (Å²) in [5, 5.41) is 5.92. The van der Waals surface area contributed by atoms with E-state index < -0.39 is 12.1 Å². The molecule has 12 heavy (non-hydrogen) atoms. The monoisotopic (exact) mass is 173 g/mol. The number of carbonyl (C=O) groups excluding carboxylic acids is 2. The summed E-state index contributed by atoms with van der Waals surface area (Å²) in [6.07, 6.45) is 0. The summed E-state index contributed by atoms with van der Waals surface area (Å²) < 4.78 is 0. The third-order valence-corrected chi connectivity index (χ3v) is 0.795. The van der Waals surface area contributed by atoms with Crippen LogP contribution in [-0.4, -0.2) is 24.0 Å². The maximum Gasteiger partial charge on any atom is 0.370 e. The van der Waals surface area contributed by atoms with Crippen LogP contribution in [0.1, 0.15) is 27.7 Å². The van der Waals surface area contributed by atoms with Crippen molar-refractivity contribution in [2.45, 2.75) is 27.7 Å². The molecule has 1 rings (SSSR count). The zero-order valence-electron chi connectivity index (χ0n) is 8.16. The maximum atomic E-state index is 10.2. The van der Waals surface area contributed by atoms with Crippen LogP contribution in [0, 0.1) is 0 Å². The van der Waals surface area contributed by atoms with Crippen LogP contribution >= 0.6 is 0 Å². The van der Waals surface area contributed by atoms with E-state index in [9.17, 15) is 9.59 Å². The second-order valence-electron chi connectivity index (χ2n) is 1.32. The van der Waals surface area contributed by atoms with Gasteiger partial charge in [0.2, 0.25) is 0 Å². The number of urea groups is 2. The van der Waals surface area contributed by atoms with Gasteiger partial charge in [-0.15, -0.1) is 0 Å². The highest BCUT2D eigenvalue weighted by molar-refractivity contribution is 5.97. The molecule has 1 aliphatic heterocycles. The molecular formula is C7H15N3O2. The SMILES string of the molecule is CC.CC.CN1C(=O)N=NC1=O. The summed E-state index contributed by atoms with van der Waals surface area (Å²) in [7, 11) is 1.32. The molecule has 0 aliphatic carbocycles. The average Bonchev–Trinajstić information content (AvgIpc) is 2.43. The molecule has 0 aromatic rings. The highest BCUT2D eigenvalue weighted by atomic mass is 16.2. The van der Waals surface area contributed by atoms with E-state index in [0.29, 0.717) is 0 Å². The lowest BCUT2D eigenvalue weighted by molar-refractivity contribution is 0.214. The standard InChI is InChI=1S/C3H3N3O2.2C2H6/c1-6-2(7)4-5-3(6)8;2*1-2/h1H3;2*1-2H3. The Morgan fingerprint density at radius 3 is 1.25 bits per heavy atom. The Balaban J connectivity index is 0. The molecule has 0 aromatic carbocycles. The highest BCUT2D eigenvalue weighted by Crippen LogP contribution is 2.01. The van der Waals surface area contributed by atoms with Crippen molar-refractivity contribution in [3.63, 3.8) is 0 Å². The number of amides is 4. The van der Waals surface area contributed by atoms with Crippen molar-refractivity contribution in [3.05, 3.63) is 0 Å². The van der Waals surface area contributed by atoms with Crippen molar-refractivity contribution >= 4 is 12.1 Å². The molecule has 4 amide bonds. The lowest BCUT2D eigenvalue weighted by atomic mass is 10.8. The topological polar surface area (TPSA) is 62.1 Å². The molecule has 0 aromatic heterocycles. The number of hydrogen-bond acceptors (Lipinski definition) is 2. The lowest BCUT2D eigenvalue weighted by Gasteiger charge is -1.96. The second-order valence-corrected chi connectivity index (χ2v) is 1.32. The van der Waals surface area contributed by atoms with Gasteiger partial charge in [-0.05, 0) is 0 Å². The summed E-state index contributed by atoms with van der Waals surface area (Å²) in [4.78, 5) is 21.3. The summed E-state index contributed by atoms with van der Waals surface area (Å²) >= 11 is 0. The normalized spacial score (nSPS) is 13.2. The van der Waals surface area contributed by atoms with Crippen molar-refractivity contribution in [1.82, 2.24) is 4.90 Å². The molecule has 0 saturated heterocycles. The van der Waals surface area contributed by atoms with Gasteiger partial charge in [-0.3, -0.25) is 0 Å². The molecule has 0 atom stereocenters. The molecule has 0 radical (unpaired) electrons. The Morgan fingerprint density at radius 1 is 0.917 bits per heavy atom. The summed E-state index contributed by atoms with van der Waals surface area (Å²) in [5.41, 5.74) is 0. The molecule has 1 aliphatic rings. The fourth-order valence-electron chi connectivity index (χ4n) is 0.302. The highest BCUT2D eigenvalue weighted by Gasteiger charge is 2.21. The Bertz CT molecular complexity index is 159. The third kappa shape index (κ3) is 3.80. The van der Waals surface area contributed by atoms with Crippen LogP contribution in [-0.2, 0) is 0 Å². The summed E-state index contributed by atoms with van der Waals surface area (Å²) in [6, 6.07) is -1.20. The van der Waals surface area contributed by atoms with E-state index in [-0.39, 0.29) is 0 Å². The van der Waals surface area contributed by atoms with Crippen LogP contribution in [0.15, 0.2) is 10.2 Å². The smallest absolute Gasteiger partial charge is 0.244 e. The molecule has 70 valence electrons. The predicted molar refractivity (Wildman–Crippen MR) is 46.1 cm³/mol. The number of imide groups is 1. The van der Waals surface area contributed by atoms with Crippen molar-refractivity contribution in [2.24, 2.45) is 10.2 Å². The average molecular weight is 173 g/mol. The molecule has 1 heterocycles.